The average molecular weight is 400 g/mol. The first-order valence-electron chi connectivity index (χ1n) is 10.6. The molecule has 0 aromatic heterocycles. The molecule has 0 unspecified atom stereocenters. The molecule has 0 saturated carbocycles. The first kappa shape index (κ1) is 23.1. The van der Waals surface area contributed by atoms with Crippen LogP contribution in [0.4, 0.5) is 4.79 Å². The van der Waals surface area contributed by atoms with E-state index >= 15 is 0 Å². The fourth-order valence-electron chi connectivity index (χ4n) is 4.12. The average Bonchev–Trinajstić information content (AvgIpc) is 2.60. The molecular weight excluding hydrogens is 362 g/mol. The zero-order valence-corrected chi connectivity index (χ0v) is 19.2. The third-order valence-corrected chi connectivity index (χ3v) is 5.55. The van der Waals surface area contributed by atoms with Gasteiger partial charge in [0, 0.05) is 23.6 Å². The third kappa shape index (κ3) is 5.88. The maximum absolute atomic E-state index is 12.4. The molecule has 2 rings (SSSR count). The van der Waals surface area contributed by atoms with Crippen LogP contribution in [0.1, 0.15) is 67.4 Å². The normalized spacial score (nSPS) is 22.3. The molecule has 160 valence electrons. The molecule has 1 aliphatic heterocycles. The van der Waals surface area contributed by atoms with E-state index in [1.165, 1.54) is 6.26 Å². The van der Waals surface area contributed by atoms with E-state index in [4.69, 9.17) is 9.47 Å². The van der Waals surface area contributed by atoms with Crippen LogP contribution in [-0.4, -0.2) is 28.7 Å². The first-order chi connectivity index (χ1) is 13.4. The fourth-order valence-corrected chi connectivity index (χ4v) is 4.12. The molecule has 1 aromatic carbocycles. The zero-order chi connectivity index (χ0) is 21.8. The van der Waals surface area contributed by atoms with Gasteiger partial charge in [0.05, 0.1) is 6.26 Å². The smallest absolute Gasteiger partial charge is 0.415 e. The van der Waals surface area contributed by atoms with Gasteiger partial charge in [-0.2, -0.15) is 0 Å². The number of nitrogens with zero attached hydrogens (tertiary/aromatic N) is 1. The number of ether oxygens (including phenoxy) is 2. The Morgan fingerprint density at radius 2 is 1.66 bits per heavy atom. The molecule has 0 aliphatic carbocycles. The van der Waals surface area contributed by atoms with Gasteiger partial charge in [0.1, 0.15) is 11.4 Å². The van der Waals surface area contributed by atoms with Crippen LogP contribution in [0.25, 0.3) is 5.76 Å². The van der Waals surface area contributed by atoms with Crippen LogP contribution in [0.2, 0.25) is 0 Å². The molecule has 0 saturated heterocycles. The van der Waals surface area contributed by atoms with Crippen LogP contribution < -0.4 is 0 Å². The van der Waals surface area contributed by atoms with Gasteiger partial charge in [0.2, 0.25) is 0 Å². The second kappa shape index (κ2) is 9.06. The van der Waals surface area contributed by atoms with Crippen LogP contribution in [0.5, 0.6) is 0 Å². The lowest BCUT2D eigenvalue weighted by Gasteiger charge is -2.44. The van der Waals surface area contributed by atoms with Crippen LogP contribution in [0.15, 0.2) is 48.7 Å². The van der Waals surface area contributed by atoms with Crippen LogP contribution in [0.3, 0.4) is 0 Å². The van der Waals surface area contributed by atoms with Gasteiger partial charge in [-0.25, -0.2) is 4.79 Å². The molecule has 1 amide bonds. The molecule has 0 N–H and O–H groups in total. The van der Waals surface area contributed by atoms with E-state index in [0.717, 1.165) is 17.7 Å². The van der Waals surface area contributed by atoms with Gasteiger partial charge in [-0.15, -0.1) is 0 Å². The lowest BCUT2D eigenvalue weighted by atomic mass is 9.73. The second-order valence-corrected chi connectivity index (χ2v) is 9.55. The molecule has 2 atom stereocenters. The van der Waals surface area contributed by atoms with Crippen molar-refractivity contribution in [3.63, 3.8) is 0 Å². The Labute approximate surface area is 176 Å². The number of hydrogen-bond donors (Lipinski definition) is 0. The van der Waals surface area contributed by atoms with E-state index in [2.05, 4.69) is 45.9 Å². The molecule has 1 heterocycles. The highest BCUT2D eigenvalue weighted by Gasteiger charge is 2.41. The fraction of sp³-hybridized carbons (Fsp3) is 0.560. The zero-order valence-electron chi connectivity index (χ0n) is 19.2. The van der Waals surface area contributed by atoms with Crippen molar-refractivity contribution in [2.45, 2.75) is 79.5 Å². The van der Waals surface area contributed by atoms with E-state index in [9.17, 15) is 4.79 Å². The lowest BCUT2D eigenvalue weighted by molar-refractivity contribution is -0.0213. The maximum atomic E-state index is 12.4. The van der Waals surface area contributed by atoms with Crippen LogP contribution >= 0.6 is 0 Å². The summed E-state index contributed by atoms with van der Waals surface area (Å²) < 4.78 is 11.9. The van der Waals surface area contributed by atoms with E-state index in [-0.39, 0.29) is 29.5 Å². The van der Waals surface area contributed by atoms with E-state index in [1.54, 1.807) is 4.90 Å². The number of benzene rings is 1. The predicted octanol–water partition coefficient (Wildman–Crippen LogP) is 6.64. The quantitative estimate of drug-likeness (QED) is 0.503. The number of hydrogen-bond acceptors (Lipinski definition) is 3. The number of carbonyl (C=O) groups is 1. The Morgan fingerprint density at radius 3 is 2.21 bits per heavy atom. The van der Waals surface area contributed by atoms with E-state index in [1.807, 2.05) is 52.0 Å². The highest BCUT2D eigenvalue weighted by Crippen LogP contribution is 2.45. The summed E-state index contributed by atoms with van der Waals surface area (Å²) in [6.45, 7) is 16.7. The molecular formula is C25H37NO3. The number of allylic oxidation sites excluding steroid dienone is 1. The van der Waals surface area contributed by atoms with Crippen molar-refractivity contribution in [3.8, 4) is 0 Å². The summed E-state index contributed by atoms with van der Waals surface area (Å²) in [5.74, 6) is 0.973. The minimum atomic E-state index is -0.401. The Bertz CT molecular complexity index is 741. The monoisotopic (exact) mass is 399 g/mol. The van der Waals surface area contributed by atoms with Gasteiger partial charge in [0.25, 0.3) is 0 Å². The topological polar surface area (TPSA) is 38.8 Å². The maximum Gasteiger partial charge on any atom is 0.415 e. The van der Waals surface area contributed by atoms with Gasteiger partial charge in [-0.05, 0) is 58.6 Å². The van der Waals surface area contributed by atoms with Gasteiger partial charge in [-0.1, -0.05) is 51.1 Å². The minimum Gasteiger partial charge on any atom is -0.487 e. The Morgan fingerprint density at radius 1 is 1.07 bits per heavy atom. The van der Waals surface area contributed by atoms with Crippen molar-refractivity contribution in [1.29, 1.82) is 0 Å². The molecule has 4 nitrogen and oxygen atoms in total. The number of rotatable bonds is 6. The molecule has 0 fully saturated rings. The minimum absolute atomic E-state index is 0.00301. The van der Waals surface area contributed by atoms with Crippen molar-refractivity contribution in [3.05, 3.63) is 54.3 Å². The summed E-state index contributed by atoms with van der Waals surface area (Å²) >= 11 is 0. The Balaban J connectivity index is 2.13. The summed E-state index contributed by atoms with van der Waals surface area (Å²) in [5, 5.41) is 0. The van der Waals surface area contributed by atoms with Crippen LogP contribution in [-0.2, 0) is 9.47 Å². The molecule has 0 bridgehead atoms. The second-order valence-electron chi connectivity index (χ2n) is 9.55. The summed E-state index contributed by atoms with van der Waals surface area (Å²) in [5.41, 5.74) is 0.684. The van der Waals surface area contributed by atoms with Crippen molar-refractivity contribution in [2.24, 2.45) is 11.3 Å². The summed E-state index contributed by atoms with van der Waals surface area (Å²) in [7, 11) is 0. The lowest BCUT2D eigenvalue weighted by Crippen LogP contribution is -2.42. The highest BCUT2D eigenvalue weighted by atomic mass is 16.5. The summed E-state index contributed by atoms with van der Waals surface area (Å²) in [6, 6.07) is 10.4. The van der Waals surface area contributed by atoms with Crippen LogP contribution in [0, 0.1) is 11.3 Å². The molecule has 4 heteroatoms. The van der Waals surface area contributed by atoms with E-state index < -0.39 is 5.60 Å². The summed E-state index contributed by atoms with van der Waals surface area (Å²) in [6.07, 6.45) is 6.22. The first-order valence-corrected chi connectivity index (χ1v) is 10.6. The van der Waals surface area contributed by atoms with Gasteiger partial charge < -0.3 is 14.4 Å². The largest absolute Gasteiger partial charge is 0.487 e. The van der Waals surface area contributed by atoms with Gasteiger partial charge in [-0.3, -0.25) is 0 Å². The van der Waals surface area contributed by atoms with Gasteiger partial charge in [0.15, 0.2) is 0 Å². The highest BCUT2D eigenvalue weighted by molar-refractivity contribution is 5.69. The van der Waals surface area contributed by atoms with Crippen molar-refractivity contribution in [2.75, 3.05) is 0 Å². The summed E-state index contributed by atoms with van der Waals surface area (Å²) in [4.78, 5) is 14.1. The third-order valence-electron chi connectivity index (χ3n) is 5.55. The SMILES string of the molecule is CC(C)N(C(=O)O/C=C\[C@H](C)[C@@]1(C)CC(C)(C)C=C(c2ccccc2)O1)C(C)C. The van der Waals surface area contributed by atoms with Gasteiger partial charge >= 0.3 is 6.09 Å². The van der Waals surface area contributed by atoms with Crippen molar-refractivity contribution < 1.29 is 14.3 Å². The standard InChI is InChI=1S/C25H37NO3/c1-18(2)26(19(3)4)23(27)28-15-14-20(5)25(8)17-24(6,7)16-22(29-25)21-12-10-9-11-13-21/h9-16,18-20H,17H2,1-8H3/b15-14-/t20-,25+/m0/s1. The number of amides is 1. The molecule has 0 spiro atoms. The predicted molar refractivity (Wildman–Crippen MR) is 119 cm³/mol. The van der Waals surface area contributed by atoms with E-state index in [0.29, 0.717) is 0 Å². The van der Waals surface area contributed by atoms with Crippen molar-refractivity contribution >= 4 is 11.9 Å². The Hall–Kier alpha value is -2.23. The number of carbonyl (C=O) groups excluding carboxylic acids is 1. The Kier molecular flexibility index (Phi) is 7.20. The molecule has 0 radical (unpaired) electrons. The molecule has 29 heavy (non-hydrogen) atoms. The molecule has 1 aliphatic rings. The van der Waals surface area contributed by atoms with Crippen molar-refractivity contribution in [1.82, 2.24) is 4.90 Å². The molecule has 1 aromatic rings.